The van der Waals surface area contributed by atoms with Gasteiger partial charge < -0.3 is 29.2 Å². The summed E-state index contributed by atoms with van der Waals surface area (Å²) in [5, 5.41) is 3.46. The summed E-state index contributed by atoms with van der Waals surface area (Å²) in [6.45, 7) is 7.55. The fraction of sp³-hybridized carbons (Fsp3) is 0.632. The maximum Gasteiger partial charge on any atom is 0.410 e. The molecule has 26 heavy (non-hydrogen) atoms. The number of nitrogens with zero attached hydrogens (tertiary/aromatic N) is 1. The average molecular weight is 366 g/mol. The van der Waals surface area contributed by atoms with Gasteiger partial charge in [-0.25, -0.2) is 4.79 Å². The van der Waals surface area contributed by atoms with Crippen LogP contribution in [0.25, 0.3) is 0 Å². The number of carbonyl (C=O) groups is 1. The largest absolute Gasteiger partial charge is 0.493 e. The molecule has 1 aromatic rings. The van der Waals surface area contributed by atoms with Crippen molar-refractivity contribution in [3.63, 3.8) is 0 Å². The number of hydrogen-bond donors (Lipinski definition) is 1. The molecule has 1 saturated heterocycles. The molecule has 0 aromatic heterocycles. The number of benzene rings is 1. The smallest absolute Gasteiger partial charge is 0.410 e. The van der Waals surface area contributed by atoms with Crippen LogP contribution in [0.1, 0.15) is 26.3 Å². The Kier molecular flexibility index (Phi) is 6.58. The molecule has 1 atom stereocenters. The number of piperazine rings is 1. The van der Waals surface area contributed by atoms with Gasteiger partial charge in [-0.05, 0) is 38.8 Å². The van der Waals surface area contributed by atoms with Gasteiger partial charge in [-0.2, -0.15) is 0 Å². The van der Waals surface area contributed by atoms with Crippen LogP contribution in [0.15, 0.2) is 12.1 Å². The minimum absolute atomic E-state index is 0.100. The molecule has 1 aromatic carbocycles. The number of ether oxygens (including phenoxy) is 4. The quantitative estimate of drug-likeness (QED) is 0.863. The lowest BCUT2D eigenvalue weighted by Gasteiger charge is -2.35. The van der Waals surface area contributed by atoms with Crippen molar-refractivity contribution in [2.75, 3.05) is 41.0 Å². The summed E-state index contributed by atoms with van der Waals surface area (Å²) in [5.74, 6) is 1.86. The van der Waals surface area contributed by atoms with Crippen molar-refractivity contribution in [2.24, 2.45) is 0 Å². The van der Waals surface area contributed by atoms with Crippen LogP contribution < -0.4 is 19.5 Å². The van der Waals surface area contributed by atoms with E-state index in [-0.39, 0.29) is 12.1 Å². The Morgan fingerprint density at radius 3 is 2.42 bits per heavy atom. The molecule has 7 nitrogen and oxygen atoms in total. The number of rotatable bonds is 5. The van der Waals surface area contributed by atoms with E-state index < -0.39 is 5.60 Å². The summed E-state index contributed by atoms with van der Waals surface area (Å²) in [4.78, 5) is 14.1. The van der Waals surface area contributed by atoms with E-state index in [0.29, 0.717) is 36.8 Å². The summed E-state index contributed by atoms with van der Waals surface area (Å²) < 4.78 is 21.8. The monoisotopic (exact) mass is 366 g/mol. The summed E-state index contributed by atoms with van der Waals surface area (Å²) in [7, 11) is 4.80. The second kappa shape index (κ2) is 8.49. The van der Waals surface area contributed by atoms with Crippen LogP contribution in [-0.4, -0.2) is 63.6 Å². The molecule has 0 spiro atoms. The van der Waals surface area contributed by atoms with E-state index in [9.17, 15) is 4.79 Å². The third kappa shape index (κ3) is 4.94. The highest BCUT2D eigenvalue weighted by atomic mass is 16.6. The Morgan fingerprint density at radius 1 is 1.15 bits per heavy atom. The van der Waals surface area contributed by atoms with E-state index in [1.165, 1.54) is 0 Å². The first-order valence-corrected chi connectivity index (χ1v) is 8.78. The van der Waals surface area contributed by atoms with Crippen molar-refractivity contribution in [3.05, 3.63) is 17.7 Å². The lowest BCUT2D eigenvalue weighted by atomic mass is 10.0. The lowest BCUT2D eigenvalue weighted by molar-refractivity contribution is 0.0195. The van der Waals surface area contributed by atoms with E-state index in [0.717, 1.165) is 12.1 Å². The van der Waals surface area contributed by atoms with Crippen molar-refractivity contribution in [1.29, 1.82) is 0 Å². The molecule has 1 N–H and O–H groups in total. The van der Waals surface area contributed by atoms with Gasteiger partial charge in [0.15, 0.2) is 11.5 Å². The van der Waals surface area contributed by atoms with Crippen LogP contribution in [0.2, 0.25) is 0 Å². The second-order valence-corrected chi connectivity index (χ2v) is 7.27. The van der Waals surface area contributed by atoms with Gasteiger partial charge >= 0.3 is 6.09 Å². The number of amides is 1. The molecule has 0 saturated carbocycles. The van der Waals surface area contributed by atoms with Crippen LogP contribution in [0, 0.1) is 0 Å². The Labute approximate surface area is 155 Å². The number of nitrogens with one attached hydrogen (secondary N) is 1. The predicted octanol–water partition coefficient (Wildman–Crippen LogP) is 2.46. The molecule has 1 heterocycles. The molecule has 2 rings (SSSR count). The summed E-state index contributed by atoms with van der Waals surface area (Å²) in [6.07, 6.45) is 0.423. The lowest BCUT2D eigenvalue weighted by Crippen LogP contribution is -2.54. The van der Waals surface area contributed by atoms with Crippen LogP contribution in [0.4, 0.5) is 4.79 Å². The minimum atomic E-state index is -0.496. The van der Waals surface area contributed by atoms with Gasteiger partial charge in [0.05, 0.1) is 21.3 Å². The van der Waals surface area contributed by atoms with E-state index in [1.807, 2.05) is 32.9 Å². The first-order chi connectivity index (χ1) is 12.3. The Morgan fingerprint density at radius 2 is 1.85 bits per heavy atom. The first-order valence-electron chi connectivity index (χ1n) is 8.78. The molecule has 0 radical (unpaired) electrons. The number of hydrogen-bond acceptors (Lipinski definition) is 6. The van der Waals surface area contributed by atoms with Crippen molar-refractivity contribution in [1.82, 2.24) is 10.2 Å². The van der Waals surface area contributed by atoms with E-state index in [4.69, 9.17) is 18.9 Å². The third-order valence-corrected chi connectivity index (χ3v) is 4.16. The van der Waals surface area contributed by atoms with E-state index in [1.54, 1.807) is 26.2 Å². The molecular weight excluding hydrogens is 336 g/mol. The van der Waals surface area contributed by atoms with Gasteiger partial charge in [0, 0.05) is 25.7 Å². The summed E-state index contributed by atoms with van der Waals surface area (Å²) in [6, 6.07) is 3.93. The third-order valence-electron chi connectivity index (χ3n) is 4.16. The zero-order valence-corrected chi connectivity index (χ0v) is 16.5. The molecular formula is C19H30N2O5. The molecule has 7 heteroatoms. The number of methoxy groups -OCH3 is 3. The summed E-state index contributed by atoms with van der Waals surface area (Å²) in [5.41, 5.74) is 0.498. The van der Waals surface area contributed by atoms with Gasteiger partial charge in [-0.1, -0.05) is 6.07 Å². The van der Waals surface area contributed by atoms with Crippen molar-refractivity contribution >= 4 is 6.09 Å². The summed E-state index contributed by atoms with van der Waals surface area (Å²) >= 11 is 0. The highest BCUT2D eigenvalue weighted by Gasteiger charge is 2.28. The first kappa shape index (κ1) is 20.2. The van der Waals surface area contributed by atoms with Crippen LogP contribution in [0.5, 0.6) is 17.2 Å². The highest BCUT2D eigenvalue weighted by molar-refractivity contribution is 5.68. The Bertz CT molecular complexity index is 627. The van der Waals surface area contributed by atoms with Crippen molar-refractivity contribution in [2.45, 2.75) is 38.8 Å². The Balaban J connectivity index is 2.12. The zero-order chi connectivity index (χ0) is 19.3. The minimum Gasteiger partial charge on any atom is -0.493 e. The van der Waals surface area contributed by atoms with Gasteiger partial charge in [0.25, 0.3) is 0 Å². The normalized spacial score (nSPS) is 17.6. The molecule has 1 fully saturated rings. The van der Waals surface area contributed by atoms with Gasteiger partial charge in [0.1, 0.15) is 5.60 Å². The molecule has 1 aliphatic rings. The van der Waals surface area contributed by atoms with E-state index in [2.05, 4.69) is 5.32 Å². The average Bonchev–Trinajstić information content (AvgIpc) is 2.60. The number of carbonyl (C=O) groups excluding carboxylic acids is 1. The maximum absolute atomic E-state index is 12.3. The van der Waals surface area contributed by atoms with Crippen LogP contribution in [0.3, 0.4) is 0 Å². The second-order valence-electron chi connectivity index (χ2n) is 7.27. The van der Waals surface area contributed by atoms with Crippen LogP contribution >= 0.6 is 0 Å². The standard InChI is InChI=1S/C19H30N2O5/c1-19(2,3)26-18(22)21-10-9-20-14(12-21)11-13-7-8-15(23-4)17(25-6)16(13)24-5/h7-8,14,20H,9-12H2,1-6H3. The SMILES string of the molecule is COc1ccc(CC2CN(C(=O)OC(C)(C)C)CCN2)c(OC)c1OC. The molecule has 146 valence electrons. The maximum atomic E-state index is 12.3. The molecule has 0 bridgehead atoms. The highest BCUT2D eigenvalue weighted by Crippen LogP contribution is 2.40. The topological polar surface area (TPSA) is 69.3 Å². The van der Waals surface area contributed by atoms with Crippen LogP contribution in [-0.2, 0) is 11.2 Å². The van der Waals surface area contributed by atoms with Gasteiger partial charge in [-0.3, -0.25) is 0 Å². The van der Waals surface area contributed by atoms with E-state index >= 15 is 0 Å². The molecule has 1 aliphatic heterocycles. The fourth-order valence-electron chi connectivity index (χ4n) is 3.04. The Hall–Kier alpha value is -2.15. The molecule has 1 unspecified atom stereocenters. The fourth-order valence-corrected chi connectivity index (χ4v) is 3.04. The van der Waals surface area contributed by atoms with Gasteiger partial charge in [0.2, 0.25) is 5.75 Å². The van der Waals surface area contributed by atoms with Gasteiger partial charge in [-0.15, -0.1) is 0 Å². The predicted molar refractivity (Wildman–Crippen MR) is 99.4 cm³/mol. The molecule has 1 amide bonds. The zero-order valence-electron chi connectivity index (χ0n) is 16.5. The molecule has 0 aliphatic carbocycles. The van der Waals surface area contributed by atoms with Crippen molar-refractivity contribution in [3.8, 4) is 17.2 Å². The van der Waals surface area contributed by atoms with Crippen molar-refractivity contribution < 1.29 is 23.7 Å².